The van der Waals surface area contributed by atoms with Crippen molar-refractivity contribution in [3.8, 4) is 0 Å². The maximum atomic E-state index is 11.7. The molecule has 0 saturated heterocycles. The van der Waals surface area contributed by atoms with Crippen molar-refractivity contribution in [2.24, 2.45) is 5.41 Å². The van der Waals surface area contributed by atoms with Crippen molar-refractivity contribution in [3.05, 3.63) is 35.4 Å². The van der Waals surface area contributed by atoms with Crippen LogP contribution in [0.25, 0.3) is 0 Å². The first-order chi connectivity index (χ1) is 9.70. The van der Waals surface area contributed by atoms with Crippen LogP contribution < -0.4 is 10.6 Å². The van der Waals surface area contributed by atoms with Gasteiger partial charge in [-0.15, -0.1) is 0 Å². The number of nitrogens with one attached hydrogen (secondary N) is 2. The van der Waals surface area contributed by atoms with Crippen molar-refractivity contribution in [2.45, 2.75) is 40.2 Å². The molecule has 1 atom stereocenters. The van der Waals surface area contributed by atoms with Gasteiger partial charge in [0.1, 0.15) is 0 Å². The molecule has 116 valence electrons. The van der Waals surface area contributed by atoms with Gasteiger partial charge in [0.15, 0.2) is 0 Å². The third-order valence-corrected chi connectivity index (χ3v) is 3.55. The van der Waals surface area contributed by atoms with E-state index in [9.17, 15) is 9.59 Å². The fraction of sp³-hybridized carbons (Fsp3) is 0.500. The highest BCUT2D eigenvalue weighted by atomic mass is 16.4. The van der Waals surface area contributed by atoms with Gasteiger partial charge < -0.3 is 15.7 Å². The van der Waals surface area contributed by atoms with E-state index in [1.807, 2.05) is 6.92 Å². The summed E-state index contributed by atoms with van der Waals surface area (Å²) in [7, 11) is 0. The zero-order valence-electron chi connectivity index (χ0n) is 13.1. The number of hydrogen-bond acceptors (Lipinski definition) is 2. The van der Waals surface area contributed by atoms with Gasteiger partial charge in [-0.1, -0.05) is 32.9 Å². The molecule has 0 aliphatic heterocycles. The SMILES string of the molecule is CC(NC(=O)NCCc1ccc(C(=O)O)cc1)C(C)(C)C. The van der Waals surface area contributed by atoms with Gasteiger partial charge in [0, 0.05) is 12.6 Å². The Morgan fingerprint density at radius 2 is 1.76 bits per heavy atom. The Morgan fingerprint density at radius 3 is 2.24 bits per heavy atom. The van der Waals surface area contributed by atoms with E-state index in [0.29, 0.717) is 13.0 Å². The molecule has 0 radical (unpaired) electrons. The normalized spacial score (nSPS) is 12.6. The van der Waals surface area contributed by atoms with Gasteiger partial charge in [-0.05, 0) is 36.5 Å². The third kappa shape index (κ3) is 5.85. The van der Waals surface area contributed by atoms with Crippen LogP contribution in [0.2, 0.25) is 0 Å². The molecule has 2 amide bonds. The van der Waals surface area contributed by atoms with Crippen LogP contribution in [0, 0.1) is 5.41 Å². The van der Waals surface area contributed by atoms with E-state index >= 15 is 0 Å². The topological polar surface area (TPSA) is 78.4 Å². The van der Waals surface area contributed by atoms with E-state index in [1.165, 1.54) is 0 Å². The summed E-state index contributed by atoms with van der Waals surface area (Å²) in [6.45, 7) is 8.70. The molecular weight excluding hydrogens is 268 g/mol. The molecule has 5 heteroatoms. The summed E-state index contributed by atoms with van der Waals surface area (Å²) in [5.74, 6) is -0.935. The van der Waals surface area contributed by atoms with Crippen molar-refractivity contribution in [3.63, 3.8) is 0 Å². The van der Waals surface area contributed by atoms with Crippen LogP contribution in [0.15, 0.2) is 24.3 Å². The molecule has 1 aromatic carbocycles. The Labute approximate surface area is 125 Å². The van der Waals surface area contributed by atoms with E-state index in [4.69, 9.17) is 5.11 Å². The summed E-state index contributed by atoms with van der Waals surface area (Å²) in [6, 6.07) is 6.56. The van der Waals surface area contributed by atoms with Crippen LogP contribution >= 0.6 is 0 Å². The summed E-state index contributed by atoms with van der Waals surface area (Å²) in [6.07, 6.45) is 0.664. The van der Waals surface area contributed by atoms with Crippen molar-refractivity contribution < 1.29 is 14.7 Å². The number of benzene rings is 1. The lowest BCUT2D eigenvalue weighted by Crippen LogP contribution is -2.46. The number of amides is 2. The van der Waals surface area contributed by atoms with Gasteiger partial charge in [0.2, 0.25) is 0 Å². The molecular formula is C16H24N2O3. The van der Waals surface area contributed by atoms with Gasteiger partial charge in [-0.25, -0.2) is 9.59 Å². The van der Waals surface area contributed by atoms with Gasteiger partial charge in [0.05, 0.1) is 5.56 Å². The molecule has 1 unspecified atom stereocenters. The third-order valence-electron chi connectivity index (χ3n) is 3.55. The van der Waals surface area contributed by atoms with Crippen LogP contribution in [-0.4, -0.2) is 29.7 Å². The quantitative estimate of drug-likeness (QED) is 0.780. The van der Waals surface area contributed by atoms with E-state index in [2.05, 4.69) is 31.4 Å². The minimum Gasteiger partial charge on any atom is -0.478 e. The minimum absolute atomic E-state index is 0.0179. The van der Waals surface area contributed by atoms with Crippen molar-refractivity contribution >= 4 is 12.0 Å². The molecule has 0 aliphatic rings. The smallest absolute Gasteiger partial charge is 0.335 e. The first kappa shape index (κ1) is 17.0. The molecule has 0 spiro atoms. The molecule has 21 heavy (non-hydrogen) atoms. The molecule has 1 rings (SSSR count). The van der Waals surface area contributed by atoms with Crippen LogP contribution in [-0.2, 0) is 6.42 Å². The Hall–Kier alpha value is -2.04. The summed E-state index contributed by atoms with van der Waals surface area (Å²) >= 11 is 0. The Bertz CT molecular complexity index is 489. The number of carboxylic acids is 1. The van der Waals surface area contributed by atoms with Crippen LogP contribution in [0.5, 0.6) is 0 Å². The number of hydrogen-bond donors (Lipinski definition) is 3. The molecule has 0 fully saturated rings. The summed E-state index contributed by atoms with van der Waals surface area (Å²) in [5.41, 5.74) is 1.27. The van der Waals surface area contributed by atoms with Crippen molar-refractivity contribution in [1.82, 2.24) is 10.6 Å². The molecule has 3 N–H and O–H groups in total. The number of aromatic carboxylic acids is 1. The lowest BCUT2D eigenvalue weighted by molar-refractivity contribution is 0.0697. The first-order valence-corrected chi connectivity index (χ1v) is 7.07. The second-order valence-electron chi connectivity index (χ2n) is 6.24. The summed E-state index contributed by atoms with van der Waals surface area (Å²) in [5, 5.41) is 14.5. The molecule has 5 nitrogen and oxygen atoms in total. The van der Waals surface area contributed by atoms with Gasteiger partial charge in [-0.2, -0.15) is 0 Å². The maximum absolute atomic E-state index is 11.7. The van der Waals surface area contributed by atoms with Crippen LogP contribution in [0.3, 0.4) is 0 Å². The fourth-order valence-corrected chi connectivity index (χ4v) is 1.60. The summed E-state index contributed by atoms with van der Waals surface area (Å²) < 4.78 is 0. The first-order valence-electron chi connectivity index (χ1n) is 7.07. The van der Waals surface area contributed by atoms with Crippen molar-refractivity contribution in [2.75, 3.05) is 6.54 Å². The lowest BCUT2D eigenvalue weighted by atomic mass is 9.88. The Kier molecular flexibility index (Phi) is 5.76. The molecule has 0 aliphatic carbocycles. The Morgan fingerprint density at radius 1 is 1.19 bits per heavy atom. The van der Waals surface area contributed by atoms with E-state index < -0.39 is 5.97 Å². The van der Waals surface area contributed by atoms with Crippen LogP contribution in [0.4, 0.5) is 4.79 Å². The number of urea groups is 1. The zero-order chi connectivity index (χ0) is 16.0. The zero-order valence-corrected chi connectivity index (χ0v) is 13.1. The predicted octanol–water partition coefficient (Wildman–Crippen LogP) is 2.66. The monoisotopic (exact) mass is 292 g/mol. The van der Waals surface area contributed by atoms with Gasteiger partial charge >= 0.3 is 12.0 Å². The number of rotatable bonds is 5. The standard InChI is InChI=1S/C16H24N2O3/c1-11(16(2,3)4)18-15(21)17-10-9-12-5-7-13(8-6-12)14(19)20/h5-8,11H,9-10H2,1-4H3,(H,19,20)(H2,17,18,21). The maximum Gasteiger partial charge on any atom is 0.335 e. The second-order valence-corrected chi connectivity index (χ2v) is 6.24. The minimum atomic E-state index is -0.935. The molecule has 0 bridgehead atoms. The highest BCUT2D eigenvalue weighted by Crippen LogP contribution is 2.18. The van der Waals surface area contributed by atoms with E-state index in [0.717, 1.165) is 5.56 Å². The molecule has 0 aromatic heterocycles. The fourth-order valence-electron chi connectivity index (χ4n) is 1.60. The number of carbonyl (C=O) groups is 2. The molecule has 0 saturated carbocycles. The summed E-state index contributed by atoms with van der Waals surface area (Å²) in [4.78, 5) is 22.5. The number of carboxylic acid groups (broad SMARTS) is 1. The van der Waals surface area contributed by atoms with Crippen molar-refractivity contribution in [1.29, 1.82) is 0 Å². The lowest BCUT2D eigenvalue weighted by Gasteiger charge is -2.28. The highest BCUT2D eigenvalue weighted by molar-refractivity contribution is 5.87. The average molecular weight is 292 g/mol. The van der Waals surface area contributed by atoms with E-state index in [-0.39, 0.29) is 23.1 Å². The molecule has 1 aromatic rings. The van der Waals surface area contributed by atoms with Gasteiger partial charge in [0.25, 0.3) is 0 Å². The molecule has 0 heterocycles. The second kappa shape index (κ2) is 7.11. The number of carbonyl (C=O) groups excluding carboxylic acids is 1. The largest absolute Gasteiger partial charge is 0.478 e. The average Bonchev–Trinajstić information content (AvgIpc) is 2.38. The Balaban J connectivity index is 2.36. The highest BCUT2D eigenvalue weighted by Gasteiger charge is 2.21. The van der Waals surface area contributed by atoms with Crippen LogP contribution in [0.1, 0.15) is 43.6 Å². The van der Waals surface area contributed by atoms with Gasteiger partial charge in [-0.3, -0.25) is 0 Å². The van der Waals surface area contributed by atoms with E-state index in [1.54, 1.807) is 24.3 Å². The predicted molar refractivity (Wildman–Crippen MR) is 82.6 cm³/mol.